The smallest absolute Gasteiger partial charge is 0.0346 e. The van der Waals surface area contributed by atoms with Crippen LogP contribution in [-0.2, 0) is 0 Å². The van der Waals surface area contributed by atoms with E-state index in [0.717, 1.165) is 5.92 Å². The zero-order chi connectivity index (χ0) is 10.8. The van der Waals surface area contributed by atoms with Crippen molar-refractivity contribution in [1.82, 2.24) is 10.2 Å². The van der Waals surface area contributed by atoms with Crippen LogP contribution in [0.25, 0.3) is 0 Å². The predicted molar refractivity (Wildman–Crippen MR) is 82.1 cm³/mol. The summed E-state index contributed by atoms with van der Waals surface area (Å²) in [5, 5.41) is 3.60. The van der Waals surface area contributed by atoms with Crippen LogP contribution in [0.5, 0.6) is 0 Å². The van der Waals surface area contributed by atoms with Crippen LogP contribution in [0.1, 0.15) is 51.4 Å². The Balaban J connectivity index is 0.000000810. The summed E-state index contributed by atoms with van der Waals surface area (Å²) in [6.07, 6.45) is 11.8. The lowest BCUT2D eigenvalue weighted by molar-refractivity contribution is -0.0451. The Bertz CT molecular complexity index is 236. The first-order valence-electron chi connectivity index (χ1n) is 7.35. The molecule has 0 radical (unpaired) electrons. The lowest BCUT2D eigenvalue weighted by Crippen LogP contribution is -2.67. The van der Waals surface area contributed by atoms with E-state index in [1.165, 1.54) is 77.5 Å². The van der Waals surface area contributed by atoms with Gasteiger partial charge in [0.2, 0.25) is 0 Å². The Labute approximate surface area is 124 Å². The number of likely N-dealkylation sites (tertiary alicyclic amines) is 1. The van der Waals surface area contributed by atoms with Crippen LogP contribution in [0.15, 0.2) is 0 Å². The quantitative estimate of drug-likeness (QED) is 0.841. The van der Waals surface area contributed by atoms with Crippen molar-refractivity contribution in [3.05, 3.63) is 0 Å². The summed E-state index contributed by atoms with van der Waals surface area (Å²) >= 11 is 0. The van der Waals surface area contributed by atoms with E-state index in [1.54, 1.807) is 0 Å². The molecule has 0 aromatic carbocycles. The van der Waals surface area contributed by atoms with Gasteiger partial charge in [-0.25, -0.2) is 0 Å². The number of hydrogen-bond donors (Lipinski definition) is 1. The molecule has 2 heterocycles. The molecule has 3 rings (SSSR count). The van der Waals surface area contributed by atoms with E-state index < -0.39 is 0 Å². The van der Waals surface area contributed by atoms with E-state index in [-0.39, 0.29) is 24.8 Å². The molecular formula is C14H28Cl2N2. The highest BCUT2D eigenvalue weighted by molar-refractivity contribution is 5.85. The average Bonchev–Trinajstić information content (AvgIpc) is 2.37. The van der Waals surface area contributed by atoms with Crippen molar-refractivity contribution in [2.75, 3.05) is 26.2 Å². The van der Waals surface area contributed by atoms with Crippen LogP contribution in [0.4, 0.5) is 0 Å². The van der Waals surface area contributed by atoms with Crippen LogP contribution in [0.2, 0.25) is 0 Å². The molecule has 0 aromatic rings. The van der Waals surface area contributed by atoms with E-state index in [0.29, 0.717) is 5.54 Å². The van der Waals surface area contributed by atoms with E-state index in [1.807, 2.05) is 0 Å². The normalized spacial score (nSPS) is 33.3. The third-order valence-electron chi connectivity index (χ3n) is 5.17. The van der Waals surface area contributed by atoms with Gasteiger partial charge in [-0.2, -0.15) is 0 Å². The third-order valence-corrected chi connectivity index (χ3v) is 5.17. The molecule has 1 spiro atoms. The number of rotatable bonds is 2. The lowest BCUT2D eigenvalue weighted by Gasteiger charge is -2.56. The van der Waals surface area contributed by atoms with Crippen LogP contribution in [0, 0.1) is 5.92 Å². The number of nitrogens with zero attached hydrogens (tertiary/aromatic N) is 1. The number of nitrogens with one attached hydrogen (secondary N) is 1. The number of halogens is 2. The fourth-order valence-electron chi connectivity index (χ4n) is 3.99. The molecule has 0 bridgehead atoms. The van der Waals surface area contributed by atoms with Gasteiger partial charge in [-0.1, -0.05) is 19.3 Å². The van der Waals surface area contributed by atoms with Crippen LogP contribution in [-0.4, -0.2) is 36.6 Å². The van der Waals surface area contributed by atoms with Gasteiger partial charge in [0, 0.05) is 25.2 Å². The zero-order valence-corrected chi connectivity index (χ0v) is 13.0. The van der Waals surface area contributed by atoms with Gasteiger partial charge in [0.25, 0.3) is 0 Å². The lowest BCUT2D eigenvalue weighted by atomic mass is 9.76. The first-order chi connectivity index (χ1) is 7.89. The minimum absolute atomic E-state index is 0. The minimum Gasteiger partial charge on any atom is -0.315 e. The second-order valence-electron chi connectivity index (χ2n) is 6.20. The number of piperidine rings is 1. The molecule has 2 aliphatic heterocycles. The van der Waals surface area contributed by atoms with Crippen molar-refractivity contribution in [2.45, 2.75) is 56.9 Å². The first-order valence-corrected chi connectivity index (χ1v) is 7.35. The fourth-order valence-corrected chi connectivity index (χ4v) is 3.99. The van der Waals surface area contributed by atoms with Crippen molar-refractivity contribution >= 4 is 24.8 Å². The molecule has 3 fully saturated rings. The molecule has 0 aromatic heterocycles. The Morgan fingerprint density at radius 2 is 1.78 bits per heavy atom. The van der Waals surface area contributed by atoms with Crippen molar-refractivity contribution in [2.24, 2.45) is 5.92 Å². The number of hydrogen-bond acceptors (Lipinski definition) is 2. The molecule has 1 atom stereocenters. The van der Waals surface area contributed by atoms with Gasteiger partial charge in [0.15, 0.2) is 0 Å². The molecule has 1 saturated carbocycles. The second-order valence-corrected chi connectivity index (χ2v) is 6.20. The molecule has 4 heteroatoms. The van der Waals surface area contributed by atoms with Crippen molar-refractivity contribution in [3.63, 3.8) is 0 Å². The van der Waals surface area contributed by atoms with Crippen LogP contribution < -0.4 is 5.32 Å². The maximum Gasteiger partial charge on any atom is 0.0346 e. The molecule has 1 N–H and O–H groups in total. The summed E-state index contributed by atoms with van der Waals surface area (Å²) < 4.78 is 0. The van der Waals surface area contributed by atoms with Gasteiger partial charge in [0.05, 0.1) is 0 Å². The Morgan fingerprint density at radius 1 is 1.00 bits per heavy atom. The largest absolute Gasteiger partial charge is 0.315 e. The van der Waals surface area contributed by atoms with E-state index >= 15 is 0 Å². The maximum atomic E-state index is 3.60. The summed E-state index contributed by atoms with van der Waals surface area (Å²) in [6.45, 7) is 5.29. The van der Waals surface area contributed by atoms with E-state index in [9.17, 15) is 0 Å². The second kappa shape index (κ2) is 7.33. The van der Waals surface area contributed by atoms with Gasteiger partial charge in [-0.05, 0) is 44.6 Å². The van der Waals surface area contributed by atoms with Crippen molar-refractivity contribution in [1.29, 1.82) is 0 Å². The molecule has 2 nitrogen and oxygen atoms in total. The minimum atomic E-state index is 0. The highest BCUT2D eigenvalue weighted by atomic mass is 35.5. The Kier molecular flexibility index (Phi) is 6.74. The monoisotopic (exact) mass is 294 g/mol. The fraction of sp³-hybridized carbons (Fsp3) is 1.00. The third kappa shape index (κ3) is 3.33. The SMILES string of the molecule is C1CCC(CN2CCC23CCCNC3)CC1.Cl.Cl. The molecule has 1 unspecified atom stereocenters. The highest BCUT2D eigenvalue weighted by Crippen LogP contribution is 2.38. The summed E-state index contributed by atoms with van der Waals surface area (Å²) in [4.78, 5) is 2.81. The molecular weight excluding hydrogens is 267 g/mol. The van der Waals surface area contributed by atoms with Crippen LogP contribution >= 0.6 is 24.8 Å². The summed E-state index contributed by atoms with van der Waals surface area (Å²) in [5.74, 6) is 1.02. The summed E-state index contributed by atoms with van der Waals surface area (Å²) in [5.41, 5.74) is 0.593. The van der Waals surface area contributed by atoms with E-state index in [4.69, 9.17) is 0 Å². The molecule has 108 valence electrons. The maximum absolute atomic E-state index is 3.60. The van der Waals surface area contributed by atoms with Gasteiger partial charge in [-0.15, -0.1) is 24.8 Å². The molecule has 1 aliphatic carbocycles. The van der Waals surface area contributed by atoms with Gasteiger partial charge < -0.3 is 5.32 Å². The molecule has 0 amide bonds. The highest BCUT2D eigenvalue weighted by Gasteiger charge is 2.45. The Hall–Kier alpha value is 0.500. The average molecular weight is 295 g/mol. The Morgan fingerprint density at radius 3 is 2.33 bits per heavy atom. The molecule has 3 aliphatic rings. The van der Waals surface area contributed by atoms with Gasteiger partial charge in [0.1, 0.15) is 0 Å². The topological polar surface area (TPSA) is 15.3 Å². The summed E-state index contributed by atoms with van der Waals surface area (Å²) in [6, 6.07) is 0. The zero-order valence-electron chi connectivity index (χ0n) is 11.3. The van der Waals surface area contributed by atoms with Gasteiger partial charge >= 0.3 is 0 Å². The van der Waals surface area contributed by atoms with Gasteiger partial charge in [-0.3, -0.25) is 4.90 Å². The summed E-state index contributed by atoms with van der Waals surface area (Å²) in [7, 11) is 0. The van der Waals surface area contributed by atoms with Crippen LogP contribution in [0.3, 0.4) is 0 Å². The van der Waals surface area contributed by atoms with Crippen molar-refractivity contribution in [3.8, 4) is 0 Å². The molecule has 2 saturated heterocycles. The van der Waals surface area contributed by atoms with Crippen molar-refractivity contribution < 1.29 is 0 Å². The predicted octanol–water partition coefficient (Wildman–Crippen LogP) is 3.24. The van der Waals surface area contributed by atoms with E-state index in [2.05, 4.69) is 10.2 Å². The standard InChI is InChI=1S/C14H26N2.2ClH/c1-2-5-13(6-3-1)11-16-10-8-14(16)7-4-9-15-12-14;;/h13,15H,1-12H2;2*1H. The first kappa shape index (κ1) is 16.6. The molecule has 18 heavy (non-hydrogen) atoms.